The van der Waals surface area contributed by atoms with Crippen LogP contribution in [0.25, 0.3) is 0 Å². The predicted octanol–water partition coefficient (Wildman–Crippen LogP) is 0.0808. The maximum atomic E-state index is 12.1. The number of nitrogens with zero attached hydrogens (tertiary/aromatic N) is 2. The SMILES string of the molecule is Cc1ccc(C(=O)N2C[C@@H](O)[C@@H](O)C2)cc1[N+](=O)[O-]. The van der Waals surface area contributed by atoms with E-state index in [-0.39, 0.29) is 24.3 Å². The molecule has 1 saturated heterocycles. The van der Waals surface area contributed by atoms with Crippen molar-refractivity contribution in [2.75, 3.05) is 13.1 Å². The number of likely N-dealkylation sites (tertiary alicyclic amines) is 1. The summed E-state index contributed by atoms with van der Waals surface area (Å²) in [4.78, 5) is 23.7. The summed E-state index contributed by atoms with van der Waals surface area (Å²) < 4.78 is 0. The van der Waals surface area contributed by atoms with Gasteiger partial charge in [0.25, 0.3) is 11.6 Å². The number of β-amino-alcohol motifs (C(OH)–C–C–N with tert-alkyl or cyclic N) is 2. The topological polar surface area (TPSA) is 104 Å². The van der Waals surface area contributed by atoms with Crippen molar-refractivity contribution in [3.63, 3.8) is 0 Å². The molecule has 1 aliphatic rings. The van der Waals surface area contributed by atoms with E-state index in [1.54, 1.807) is 6.92 Å². The molecule has 7 heteroatoms. The number of hydrogen-bond acceptors (Lipinski definition) is 5. The van der Waals surface area contributed by atoms with Crippen molar-refractivity contribution < 1.29 is 19.9 Å². The molecule has 1 aromatic carbocycles. The van der Waals surface area contributed by atoms with Gasteiger partial charge in [-0.15, -0.1) is 0 Å². The maximum Gasteiger partial charge on any atom is 0.273 e. The van der Waals surface area contributed by atoms with E-state index in [4.69, 9.17) is 0 Å². The Morgan fingerprint density at radius 2 is 1.95 bits per heavy atom. The van der Waals surface area contributed by atoms with Gasteiger partial charge in [-0.3, -0.25) is 14.9 Å². The number of carbonyl (C=O) groups is 1. The molecular formula is C12H14N2O5. The normalized spacial score (nSPS) is 22.6. The van der Waals surface area contributed by atoms with Gasteiger partial charge < -0.3 is 15.1 Å². The van der Waals surface area contributed by atoms with Crippen LogP contribution in [0.2, 0.25) is 0 Å². The van der Waals surface area contributed by atoms with Gasteiger partial charge in [0.2, 0.25) is 0 Å². The molecule has 0 radical (unpaired) electrons. The van der Waals surface area contributed by atoms with Crippen LogP contribution in [0.3, 0.4) is 0 Å². The first-order chi connectivity index (χ1) is 8.90. The minimum Gasteiger partial charge on any atom is -0.388 e. The summed E-state index contributed by atoms with van der Waals surface area (Å²) in [5.74, 6) is -0.432. The van der Waals surface area contributed by atoms with Crippen molar-refractivity contribution >= 4 is 11.6 Å². The first-order valence-corrected chi connectivity index (χ1v) is 5.80. The Kier molecular flexibility index (Phi) is 3.50. The largest absolute Gasteiger partial charge is 0.388 e. The van der Waals surface area contributed by atoms with Crippen LogP contribution in [0.5, 0.6) is 0 Å². The maximum absolute atomic E-state index is 12.1. The molecule has 2 rings (SSSR count). The van der Waals surface area contributed by atoms with Crippen molar-refractivity contribution in [3.05, 3.63) is 39.4 Å². The highest BCUT2D eigenvalue weighted by atomic mass is 16.6. The quantitative estimate of drug-likeness (QED) is 0.582. The Hall–Kier alpha value is -1.99. The highest BCUT2D eigenvalue weighted by Crippen LogP contribution is 2.21. The van der Waals surface area contributed by atoms with E-state index in [0.717, 1.165) is 0 Å². The molecule has 1 heterocycles. The Labute approximate surface area is 109 Å². The molecule has 0 saturated carbocycles. The second kappa shape index (κ2) is 4.94. The summed E-state index contributed by atoms with van der Waals surface area (Å²) in [7, 11) is 0. The number of rotatable bonds is 2. The zero-order valence-electron chi connectivity index (χ0n) is 10.3. The molecular weight excluding hydrogens is 252 g/mol. The van der Waals surface area contributed by atoms with Crippen LogP contribution >= 0.6 is 0 Å². The third kappa shape index (κ3) is 2.56. The Balaban J connectivity index is 2.25. The number of hydrogen-bond donors (Lipinski definition) is 2. The van der Waals surface area contributed by atoms with Gasteiger partial charge in [-0.25, -0.2) is 0 Å². The van der Waals surface area contributed by atoms with Gasteiger partial charge in [-0.2, -0.15) is 0 Å². The number of amides is 1. The fourth-order valence-corrected chi connectivity index (χ4v) is 2.06. The Morgan fingerprint density at radius 3 is 2.47 bits per heavy atom. The molecule has 1 fully saturated rings. The van der Waals surface area contributed by atoms with Crippen molar-refractivity contribution in [1.82, 2.24) is 4.90 Å². The summed E-state index contributed by atoms with van der Waals surface area (Å²) in [6.07, 6.45) is -1.94. The van der Waals surface area contributed by atoms with Crippen LogP contribution in [0.4, 0.5) is 5.69 Å². The van der Waals surface area contributed by atoms with E-state index < -0.39 is 23.0 Å². The van der Waals surface area contributed by atoms with E-state index in [0.29, 0.717) is 5.56 Å². The average Bonchev–Trinajstić information content (AvgIpc) is 2.69. The van der Waals surface area contributed by atoms with Crippen LogP contribution in [0.15, 0.2) is 18.2 Å². The molecule has 1 aromatic rings. The first kappa shape index (κ1) is 13.4. The molecule has 1 aliphatic heterocycles. The summed E-state index contributed by atoms with van der Waals surface area (Å²) >= 11 is 0. The number of aliphatic hydroxyl groups excluding tert-OH is 2. The predicted molar refractivity (Wildman–Crippen MR) is 65.8 cm³/mol. The second-order valence-electron chi connectivity index (χ2n) is 4.60. The molecule has 19 heavy (non-hydrogen) atoms. The zero-order valence-corrected chi connectivity index (χ0v) is 10.3. The minimum atomic E-state index is -0.968. The third-order valence-electron chi connectivity index (χ3n) is 3.20. The number of nitro groups is 1. The molecule has 102 valence electrons. The molecule has 2 N–H and O–H groups in total. The van der Waals surface area contributed by atoms with Crippen LogP contribution in [0, 0.1) is 17.0 Å². The van der Waals surface area contributed by atoms with Crippen molar-refractivity contribution in [2.45, 2.75) is 19.1 Å². The molecule has 0 bridgehead atoms. The highest BCUT2D eigenvalue weighted by Gasteiger charge is 2.33. The molecule has 1 amide bonds. The summed E-state index contributed by atoms with van der Waals surface area (Å²) in [5, 5.41) is 29.6. The lowest BCUT2D eigenvalue weighted by atomic mass is 10.1. The van der Waals surface area contributed by atoms with E-state index in [1.165, 1.54) is 23.1 Å². The number of nitro benzene ring substituents is 1. The minimum absolute atomic E-state index is 0.0294. The zero-order chi connectivity index (χ0) is 14.2. The Morgan fingerprint density at radius 1 is 1.37 bits per heavy atom. The molecule has 0 unspecified atom stereocenters. The lowest BCUT2D eigenvalue weighted by molar-refractivity contribution is -0.385. The summed E-state index contributed by atoms with van der Waals surface area (Å²) in [6, 6.07) is 4.23. The van der Waals surface area contributed by atoms with E-state index in [9.17, 15) is 25.1 Å². The second-order valence-corrected chi connectivity index (χ2v) is 4.60. The van der Waals surface area contributed by atoms with Crippen molar-refractivity contribution in [2.24, 2.45) is 0 Å². The Bertz CT molecular complexity index is 521. The van der Waals surface area contributed by atoms with Crippen LogP contribution < -0.4 is 0 Å². The summed E-state index contributed by atoms with van der Waals surface area (Å²) in [6.45, 7) is 1.65. The standard InChI is InChI=1S/C12H14N2O5/c1-7-2-3-8(4-9(7)14(18)19)12(17)13-5-10(15)11(16)6-13/h2-4,10-11,15-16H,5-6H2,1H3/t10-,11+. The van der Waals surface area contributed by atoms with Gasteiger partial charge in [0, 0.05) is 30.3 Å². The van der Waals surface area contributed by atoms with Crippen molar-refractivity contribution in [3.8, 4) is 0 Å². The van der Waals surface area contributed by atoms with Gasteiger partial charge in [-0.05, 0) is 13.0 Å². The molecule has 2 atom stereocenters. The molecule has 0 spiro atoms. The van der Waals surface area contributed by atoms with E-state index >= 15 is 0 Å². The lowest BCUT2D eigenvalue weighted by Crippen LogP contribution is -2.29. The van der Waals surface area contributed by atoms with Gasteiger partial charge in [0.1, 0.15) is 0 Å². The average molecular weight is 266 g/mol. The molecule has 0 aliphatic carbocycles. The van der Waals surface area contributed by atoms with E-state index in [1.807, 2.05) is 0 Å². The smallest absolute Gasteiger partial charge is 0.273 e. The number of aryl methyl sites for hydroxylation is 1. The van der Waals surface area contributed by atoms with Gasteiger partial charge in [0.05, 0.1) is 17.1 Å². The number of carbonyl (C=O) groups excluding carboxylic acids is 1. The summed E-state index contributed by atoms with van der Waals surface area (Å²) in [5.41, 5.74) is 0.535. The van der Waals surface area contributed by atoms with Gasteiger partial charge in [0.15, 0.2) is 0 Å². The monoisotopic (exact) mass is 266 g/mol. The fourth-order valence-electron chi connectivity index (χ4n) is 2.06. The van der Waals surface area contributed by atoms with Crippen LogP contribution in [-0.2, 0) is 0 Å². The van der Waals surface area contributed by atoms with Crippen LogP contribution in [0.1, 0.15) is 15.9 Å². The van der Waals surface area contributed by atoms with E-state index in [2.05, 4.69) is 0 Å². The molecule has 7 nitrogen and oxygen atoms in total. The fraction of sp³-hybridized carbons (Fsp3) is 0.417. The third-order valence-corrected chi connectivity index (χ3v) is 3.20. The number of benzene rings is 1. The van der Waals surface area contributed by atoms with Gasteiger partial charge in [-0.1, -0.05) is 6.07 Å². The number of aliphatic hydroxyl groups is 2. The van der Waals surface area contributed by atoms with Gasteiger partial charge >= 0.3 is 0 Å². The first-order valence-electron chi connectivity index (χ1n) is 5.80. The lowest BCUT2D eigenvalue weighted by Gasteiger charge is -2.15. The van der Waals surface area contributed by atoms with Crippen LogP contribution in [-0.4, -0.2) is 51.2 Å². The molecule has 0 aromatic heterocycles. The highest BCUT2D eigenvalue weighted by molar-refractivity contribution is 5.95. The van der Waals surface area contributed by atoms with Crippen molar-refractivity contribution in [1.29, 1.82) is 0 Å².